The van der Waals surface area contributed by atoms with Crippen molar-refractivity contribution in [3.63, 3.8) is 0 Å². The summed E-state index contributed by atoms with van der Waals surface area (Å²) in [5, 5.41) is 2.70. The van der Waals surface area contributed by atoms with Gasteiger partial charge in [0.25, 0.3) is 5.91 Å². The molecule has 0 bridgehead atoms. The van der Waals surface area contributed by atoms with Gasteiger partial charge in [0.2, 0.25) is 0 Å². The lowest BCUT2D eigenvalue weighted by molar-refractivity contribution is 0.0995. The number of nitrogens with one attached hydrogen (secondary N) is 1. The second-order valence-electron chi connectivity index (χ2n) is 3.77. The number of hydrogen-bond donors (Lipinski definition) is 1. The lowest BCUT2D eigenvalue weighted by atomic mass is 10.2. The molecule has 0 spiro atoms. The van der Waals surface area contributed by atoms with E-state index in [2.05, 4.69) is 17.2 Å². The van der Waals surface area contributed by atoms with E-state index in [1.165, 1.54) is 0 Å². The largest absolute Gasteiger partial charge is 0.456 e. The summed E-state index contributed by atoms with van der Waals surface area (Å²) >= 11 is 0. The normalized spacial score (nSPS) is 10.2. The molecule has 0 radical (unpaired) electrons. The van der Waals surface area contributed by atoms with E-state index in [0.29, 0.717) is 17.3 Å². The fraction of sp³-hybridized carbons (Fsp3) is 0.231. The molecule has 1 N–H and O–H groups in total. The summed E-state index contributed by atoms with van der Waals surface area (Å²) in [5.74, 6) is 1.28. The van der Waals surface area contributed by atoms with Crippen LogP contribution in [-0.4, -0.2) is 10.9 Å². The molecule has 17 heavy (non-hydrogen) atoms. The van der Waals surface area contributed by atoms with Gasteiger partial charge in [0.05, 0.1) is 0 Å². The standard InChI is InChI=1S/C13H14N2O2/c1-3-10-6-7-14-12(8-10)15-13(16)11-5-4-9(2)17-11/h4-8H,3H2,1-2H3,(H,14,15,16). The maximum atomic E-state index is 11.8. The maximum absolute atomic E-state index is 11.8. The van der Waals surface area contributed by atoms with E-state index >= 15 is 0 Å². The number of rotatable bonds is 3. The second kappa shape index (κ2) is 4.82. The van der Waals surface area contributed by atoms with Gasteiger partial charge in [0, 0.05) is 6.20 Å². The molecule has 2 aromatic rings. The Morgan fingerprint density at radius 2 is 2.24 bits per heavy atom. The number of furan rings is 1. The van der Waals surface area contributed by atoms with Crippen LogP contribution in [0.1, 0.15) is 28.8 Å². The minimum absolute atomic E-state index is 0.279. The molecule has 0 fully saturated rings. The van der Waals surface area contributed by atoms with Crippen molar-refractivity contribution >= 4 is 11.7 Å². The van der Waals surface area contributed by atoms with Crippen LogP contribution in [0, 0.1) is 6.92 Å². The molecule has 0 aliphatic heterocycles. The van der Waals surface area contributed by atoms with E-state index in [0.717, 1.165) is 12.0 Å². The highest BCUT2D eigenvalue weighted by atomic mass is 16.3. The van der Waals surface area contributed by atoms with Gasteiger partial charge in [-0.1, -0.05) is 6.92 Å². The molecular formula is C13H14N2O2. The second-order valence-corrected chi connectivity index (χ2v) is 3.77. The molecule has 2 heterocycles. The predicted molar refractivity (Wildman–Crippen MR) is 65.0 cm³/mol. The van der Waals surface area contributed by atoms with E-state index in [-0.39, 0.29) is 5.91 Å². The van der Waals surface area contributed by atoms with Gasteiger partial charge in [-0.05, 0) is 43.2 Å². The van der Waals surface area contributed by atoms with Crippen LogP contribution < -0.4 is 5.32 Å². The summed E-state index contributed by atoms with van der Waals surface area (Å²) in [7, 11) is 0. The van der Waals surface area contributed by atoms with Crippen LogP contribution in [0.3, 0.4) is 0 Å². The molecule has 4 heteroatoms. The smallest absolute Gasteiger partial charge is 0.292 e. The Balaban J connectivity index is 2.12. The molecule has 88 valence electrons. The number of pyridine rings is 1. The third kappa shape index (κ3) is 2.72. The van der Waals surface area contributed by atoms with Gasteiger partial charge in [0.1, 0.15) is 11.6 Å². The molecule has 0 aliphatic rings. The lowest BCUT2D eigenvalue weighted by Gasteiger charge is -2.03. The van der Waals surface area contributed by atoms with Crippen LogP contribution in [0.2, 0.25) is 0 Å². The molecule has 2 aromatic heterocycles. The zero-order valence-corrected chi connectivity index (χ0v) is 9.86. The molecule has 0 atom stereocenters. The van der Waals surface area contributed by atoms with Gasteiger partial charge in [-0.15, -0.1) is 0 Å². The molecule has 0 unspecified atom stereocenters. The minimum Gasteiger partial charge on any atom is -0.456 e. The zero-order chi connectivity index (χ0) is 12.3. The summed E-state index contributed by atoms with van der Waals surface area (Å²) < 4.78 is 5.23. The van der Waals surface area contributed by atoms with Crippen molar-refractivity contribution in [2.24, 2.45) is 0 Å². The van der Waals surface area contributed by atoms with E-state index in [1.54, 1.807) is 25.3 Å². The molecule has 0 aromatic carbocycles. The molecule has 1 amide bonds. The first-order valence-electron chi connectivity index (χ1n) is 5.51. The number of aromatic nitrogens is 1. The summed E-state index contributed by atoms with van der Waals surface area (Å²) in [6, 6.07) is 7.18. The number of hydrogen-bond acceptors (Lipinski definition) is 3. The van der Waals surface area contributed by atoms with Crippen LogP contribution in [-0.2, 0) is 6.42 Å². The van der Waals surface area contributed by atoms with Crippen LogP contribution >= 0.6 is 0 Å². The van der Waals surface area contributed by atoms with Gasteiger partial charge in [0.15, 0.2) is 5.76 Å². The van der Waals surface area contributed by atoms with Crippen molar-refractivity contribution in [2.75, 3.05) is 5.32 Å². The predicted octanol–water partition coefficient (Wildman–Crippen LogP) is 2.80. The fourth-order valence-electron chi connectivity index (χ4n) is 1.50. The van der Waals surface area contributed by atoms with Gasteiger partial charge >= 0.3 is 0 Å². The Morgan fingerprint density at radius 3 is 2.88 bits per heavy atom. The van der Waals surface area contributed by atoms with Crippen molar-refractivity contribution in [2.45, 2.75) is 20.3 Å². The maximum Gasteiger partial charge on any atom is 0.292 e. The Morgan fingerprint density at radius 1 is 1.41 bits per heavy atom. The van der Waals surface area contributed by atoms with Crippen LogP contribution in [0.4, 0.5) is 5.82 Å². The van der Waals surface area contributed by atoms with Crippen LogP contribution in [0.25, 0.3) is 0 Å². The Labute approximate surface area is 99.7 Å². The minimum atomic E-state index is -0.279. The van der Waals surface area contributed by atoms with Crippen molar-refractivity contribution in [3.8, 4) is 0 Å². The van der Waals surface area contributed by atoms with Crippen molar-refractivity contribution in [1.29, 1.82) is 0 Å². The highest BCUT2D eigenvalue weighted by molar-refractivity contribution is 6.01. The van der Waals surface area contributed by atoms with Gasteiger partial charge in [-0.25, -0.2) is 4.98 Å². The fourth-order valence-corrected chi connectivity index (χ4v) is 1.50. The molecule has 0 aliphatic carbocycles. The quantitative estimate of drug-likeness (QED) is 0.882. The monoisotopic (exact) mass is 230 g/mol. The Hall–Kier alpha value is -2.10. The van der Waals surface area contributed by atoms with Crippen molar-refractivity contribution in [3.05, 3.63) is 47.5 Å². The van der Waals surface area contributed by atoms with E-state index in [9.17, 15) is 4.79 Å². The number of carbonyl (C=O) groups is 1. The molecule has 4 nitrogen and oxygen atoms in total. The van der Waals surface area contributed by atoms with E-state index in [1.807, 2.05) is 12.1 Å². The van der Waals surface area contributed by atoms with Gasteiger partial charge in [-0.3, -0.25) is 4.79 Å². The SMILES string of the molecule is CCc1ccnc(NC(=O)c2ccc(C)o2)c1. The third-order valence-corrected chi connectivity index (χ3v) is 2.44. The first-order valence-corrected chi connectivity index (χ1v) is 5.51. The molecule has 0 saturated heterocycles. The third-order valence-electron chi connectivity index (χ3n) is 2.44. The Kier molecular flexibility index (Phi) is 3.23. The molecule has 0 saturated carbocycles. The van der Waals surface area contributed by atoms with Crippen molar-refractivity contribution < 1.29 is 9.21 Å². The number of amides is 1. The number of nitrogens with zero attached hydrogens (tertiary/aromatic N) is 1. The highest BCUT2D eigenvalue weighted by Gasteiger charge is 2.10. The van der Waals surface area contributed by atoms with Crippen molar-refractivity contribution in [1.82, 2.24) is 4.98 Å². The van der Waals surface area contributed by atoms with E-state index < -0.39 is 0 Å². The highest BCUT2D eigenvalue weighted by Crippen LogP contribution is 2.11. The number of aryl methyl sites for hydroxylation is 2. The van der Waals surface area contributed by atoms with E-state index in [4.69, 9.17) is 4.42 Å². The van der Waals surface area contributed by atoms with Crippen LogP contribution in [0.5, 0.6) is 0 Å². The lowest BCUT2D eigenvalue weighted by Crippen LogP contribution is -2.12. The zero-order valence-electron chi connectivity index (χ0n) is 9.86. The summed E-state index contributed by atoms with van der Waals surface area (Å²) in [5.41, 5.74) is 1.13. The Bertz CT molecular complexity index is 532. The first-order chi connectivity index (χ1) is 8.19. The van der Waals surface area contributed by atoms with Gasteiger partial charge in [-0.2, -0.15) is 0 Å². The number of carbonyl (C=O) groups excluding carboxylic acids is 1. The average Bonchev–Trinajstić information content (AvgIpc) is 2.76. The summed E-state index contributed by atoms with van der Waals surface area (Å²) in [4.78, 5) is 15.9. The van der Waals surface area contributed by atoms with Gasteiger partial charge < -0.3 is 9.73 Å². The average molecular weight is 230 g/mol. The summed E-state index contributed by atoms with van der Waals surface area (Å²) in [6.07, 6.45) is 2.59. The first kappa shape index (κ1) is 11.4. The molecular weight excluding hydrogens is 216 g/mol. The topological polar surface area (TPSA) is 55.1 Å². The summed E-state index contributed by atoms with van der Waals surface area (Å²) in [6.45, 7) is 3.85. The number of anilines is 1. The molecule has 2 rings (SSSR count). The van der Waals surface area contributed by atoms with Crippen LogP contribution in [0.15, 0.2) is 34.9 Å².